The van der Waals surface area contributed by atoms with Crippen LogP contribution in [0.1, 0.15) is 45.4 Å². The number of hydrogen-bond acceptors (Lipinski definition) is 5. The lowest BCUT2D eigenvalue weighted by Gasteiger charge is -2.12. The number of thiazole rings is 1. The van der Waals surface area contributed by atoms with E-state index in [9.17, 15) is 23.1 Å². The molecule has 2 heterocycles. The third-order valence-electron chi connectivity index (χ3n) is 5.22. The summed E-state index contributed by atoms with van der Waals surface area (Å²) in [5, 5.41) is 13.2. The molecule has 0 atom stereocenters. The number of nitrogens with zero attached hydrogens (tertiary/aromatic N) is 1. The Bertz CT molecular complexity index is 1340. The molecule has 4 aromatic rings. The molecule has 9 heteroatoms. The first-order chi connectivity index (χ1) is 16.0. The second-order valence-corrected chi connectivity index (χ2v) is 10.1. The minimum atomic E-state index is -4.46. The van der Waals surface area contributed by atoms with E-state index in [-0.39, 0.29) is 16.4 Å². The summed E-state index contributed by atoms with van der Waals surface area (Å²) in [5.74, 6) is -1.05. The molecule has 0 saturated heterocycles. The van der Waals surface area contributed by atoms with Gasteiger partial charge >= 0.3 is 12.1 Å². The summed E-state index contributed by atoms with van der Waals surface area (Å²) < 4.78 is 40.4. The van der Waals surface area contributed by atoms with Gasteiger partial charge in [-0.2, -0.15) is 13.2 Å². The van der Waals surface area contributed by atoms with Gasteiger partial charge in [0.05, 0.1) is 16.9 Å². The molecule has 0 radical (unpaired) electrons. The van der Waals surface area contributed by atoms with E-state index in [0.717, 1.165) is 32.7 Å². The van der Waals surface area contributed by atoms with Gasteiger partial charge in [-0.1, -0.05) is 56.3 Å². The Morgan fingerprint density at radius 2 is 1.74 bits per heavy atom. The summed E-state index contributed by atoms with van der Waals surface area (Å²) in [5.41, 5.74) is 1.58. The molecule has 0 fully saturated rings. The van der Waals surface area contributed by atoms with E-state index >= 15 is 0 Å². The van der Waals surface area contributed by atoms with Crippen molar-refractivity contribution in [3.8, 4) is 21.7 Å². The number of thiophene rings is 1. The molecule has 4 nitrogen and oxygen atoms in total. The number of halogens is 3. The third-order valence-corrected chi connectivity index (χ3v) is 7.66. The van der Waals surface area contributed by atoms with Crippen molar-refractivity contribution in [3.63, 3.8) is 0 Å². The van der Waals surface area contributed by atoms with Crippen molar-refractivity contribution in [1.29, 1.82) is 0 Å². The minimum Gasteiger partial charge on any atom is -0.477 e. The Balaban J connectivity index is 1.75. The van der Waals surface area contributed by atoms with Gasteiger partial charge < -0.3 is 10.4 Å². The highest BCUT2D eigenvalue weighted by Crippen LogP contribution is 2.42. The van der Waals surface area contributed by atoms with Gasteiger partial charge in [0.1, 0.15) is 4.88 Å². The van der Waals surface area contributed by atoms with E-state index in [1.165, 1.54) is 24.3 Å². The van der Waals surface area contributed by atoms with Gasteiger partial charge in [-0.05, 0) is 36.1 Å². The second-order valence-electron chi connectivity index (χ2n) is 8.06. The van der Waals surface area contributed by atoms with Gasteiger partial charge in [0.15, 0.2) is 5.13 Å². The van der Waals surface area contributed by atoms with Crippen molar-refractivity contribution < 1.29 is 23.1 Å². The second kappa shape index (κ2) is 9.23. The number of benzene rings is 2. The zero-order chi connectivity index (χ0) is 24.6. The van der Waals surface area contributed by atoms with E-state index in [1.807, 2.05) is 44.2 Å². The van der Waals surface area contributed by atoms with Crippen LogP contribution < -0.4 is 5.32 Å². The predicted molar refractivity (Wildman–Crippen MR) is 131 cm³/mol. The number of aromatic nitrogens is 1. The Morgan fingerprint density at radius 3 is 2.35 bits per heavy atom. The number of carbonyl (C=O) groups is 1. The lowest BCUT2D eigenvalue weighted by molar-refractivity contribution is -0.138. The van der Waals surface area contributed by atoms with E-state index < -0.39 is 17.7 Å². The topological polar surface area (TPSA) is 62.2 Å². The fourth-order valence-corrected chi connectivity index (χ4v) is 5.52. The highest BCUT2D eigenvalue weighted by molar-refractivity contribution is 7.18. The van der Waals surface area contributed by atoms with Crippen molar-refractivity contribution in [3.05, 3.63) is 75.5 Å². The Morgan fingerprint density at radius 1 is 1.03 bits per heavy atom. The van der Waals surface area contributed by atoms with Gasteiger partial charge in [-0.25, -0.2) is 9.78 Å². The van der Waals surface area contributed by atoms with Crippen molar-refractivity contribution in [2.45, 2.75) is 32.9 Å². The molecule has 0 spiro atoms. The van der Waals surface area contributed by atoms with Crippen LogP contribution in [0.4, 0.5) is 24.0 Å². The number of carboxylic acids is 1. The molecular weight excluding hydrogens is 481 g/mol. The number of nitrogens with one attached hydrogen (secondary N) is 1. The summed E-state index contributed by atoms with van der Waals surface area (Å²) >= 11 is 2.46. The van der Waals surface area contributed by atoms with E-state index in [4.69, 9.17) is 0 Å². The fraction of sp³-hybridized carbons (Fsp3) is 0.200. The molecule has 2 N–H and O–H groups in total. The number of aromatic carboxylic acids is 1. The summed E-state index contributed by atoms with van der Waals surface area (Å²) in [6.45, 7) is 5.32. The van der Waals surface area contributed by atoms with E-state index in [2.05, 4.69) is 10.3 Å². The first-order valence-electron chi connectivity index (χ1n) is 10.4. The summed E-state index contributed by atoms with van der Waals surface area (Å²) in [6, 6.07) is 15.4. The number of hydrogen-bond donors (Lipinski definition) is 2. The Hall–Kier alpha value is -3.17. The molecule has 2 aromatic carbocycles. The minimum absolute atomic E-state index is 0.0139. The lowest BCUT2D eigenvalue weighted by atomic mass is 10.00. The van der Waals surface area contributed by atoms with Crippen LogP contribution >= 0.6 is 22.7 Å². The molecule has 176 valence electrons. The number of aryl methyl sites for hydroxylation is 1. The summed E-state index contributed by atoms with van der Waals surface area (Å²) in [7, 11) is 0. The molecule has 2 aromatic heterocycles. The Labute approximate surface area is 202 Å². The van der Waals surface area contributed by atoms with E-state index in [0.29, 0.717) is 22.1 Å². The Kier molecular flexibility index (Phi) is 6.51. The number of rotatable bonds is 6. The SMILES string of the molecule is Cc1ccc(-c2nc(Nc3cc(-c4ccccc4)sc3C(=O)O)sc2C(C)C)cc1C(F)(F)F. The maximum Gasteiger partial charge on any atom is 0.416 e. The van der Waals surface area contributed by atoms with Crippen molar-refractivity contribution in [2.75, 3.05) is 5.32 Å². The van der Waals surface area contributed by atoms with Gasteiger partial charge in [0.25, 0.3) is 0 Å². The molecular formula is C25H21F3N2O2S2. The summed E-state index contributed by atoms with van der Waals surface area (Å²) in [4.78, 5) is 18.2. The first kappa shape index (κ1) is 24.0. The first-order valence-corrected chi connectivity index (χ1v) is 12.1. The molecule has 34 heavy (non-hydrogen) atoms. The predicted octanol–water partition coefficient (Wildman–Crippen LogP) is 8.43. The molecule has 0 aliphatic rings. The number of carboxylic acid groups (broad SMARTS) is 1. The van der Waals surface area contributed by atoms with Gasteiger partial charge in [0, 0.05) is 15.3 Å². The molecule has 0 amide bonds. The molecule has 0 aliphatic carbocycles. The zero-order valence-electron chi connectivity index (χ0n) is 18.5. The van der Waals surface area contributed by atoms with Crippen LogP contribution in [0.5, 0.6) is 0 Å². The van der Waals surface area contributed by atoms with Crippen LogP contribution in [-0.4, -0.2) is 16.1 Å². The largest absolute Gasteiger partial charge is 0.477 e. The average molecular weight is 503 g/mol. The third kappa shape index (κ3) is 4.85. The maximum atomic E-state index is 13.5. The highest BCUT2D eigenvalue weighted by atomic mass is 32.1. The van der Waals surface area contributed by atoms with Crippen LogP contribution in [0.2, 0.25) is 0 Å². The molecule has 0 unspecified atom stereocenters. The number of anilines is 2. The molecule has 0 aliphatic heterocycles. The van der Waals surface area contributed by atoms with Gasteiger partial charge in [-0.15, -0.1) is 22.7 Å². The maximum absolute atomic E-state index is 13.5. The van der Waals surface area contributed by atoms with E-state index in [1.54, 1.807) is 12.1 Å². The molecule has 4 rings (SSSR count). The summed E-state index contributed by atoms with van der Waals surface area (Å²) in [6.07, 6.45) is -4.46. The van der Waals surface area contributed by atoms with Gasteiger partial charge in [-0.3, -0.25) is 0 Å². The average Bonchev–Trinajstić information content (AvgIpc) is 3.39. The standard InChI is InChI=1S/C25H21F3N2O2S2/c1-13(2)21-20(16-10-9-14(3)17(11-16)25(26,27)28)30-24(34-21)29-18-12-19(33-22(18)23(31)32)15-7-5-4-6-8-15/h4-13H,1-3H3,(H,29,30)(H,31,32). The van der Waals surface area contributed by atoms with Crippen molar-refractivity contribution in [1.82, 2.24) is 4.98 Å². The van der Waals surface area contributed by atoms with Crippen molar-refractivity contribution in [2.24, 2.45) is 0 Å². The van der Waals surface area contributed by atoms with Crippen LogP contribution in [0.15, 0.2) is 54.6 Å². The van der Waals surface area contributed by atoms with Crippen LogP contribution in [0, 0.1) is 6.92 Å². The van der Waals surface area contributed by atoms with Crippen LogP contribution in [0.25, 0.3) is 21.7 Å². The van der Waals surface area contributed by atoms with Crippen molar-refractivity contribution >= 4 is 39.5 Å². The lowest BCUT2D eigenvalue weighted by Crippen LogP contribution is -2.07. The monoisotopic (exact) mass is 502 g/mol. The fourth-order valence-electron chi connectivity index (χ4n) is 3.56. The van der Waals surface area contributed by atoms with Crippen LogP contribution in [0.3, 0.4) is 0 Å². The van der Waals surface area contributed by atoms with Crippen LogP contribution in [-0.2, 0) is 6.18 Å². The molecule has 0 bridgehead atoms. The highest BCUT2D eigenvalue weighted by Gasteiger charge is 2.33. The van der Waals surface area contributed by atoms with Gasteiger partial charge in [0.2, 0.25) is 0 Å². The smallest absolute Gasteiger partial charge is 0.416 e. The normalized spacial score (nSPS) is 11.7. The quantitative estimate of drug-likeness (QED) is 0.278. The zero-order valence-corrected chi connectivity index (χ0v) is 20.2. The number of alkyl halides is 3. The molecule has 0 saturated carbocycles.